The smallest absolute Gasteiger partial charge is 0.247 e. The van der Waals surface area contributed by atoms with Gasteiger partial charge in [0.1, 0.15) is 29.5 Å². The average molecular weight is 594 g/mol. The lowest BCUT2D eigenvalue weighted by Gasteiger charge is -2.43. The van der Waals surface area contributed by atoms with Gasteiger partial charge in [0.2, 0.25) is 5.91 Å². The van der Waals surface area contributed by atoms with Crippen molar-refractivity contribution in [3.05, 3.63) is 72.6 Å². The van der Waals surface area contributed by atoms with E-state index in [1.54, 1.807) is 19.2 Å². The lowest BCUT2D eigenvalue weighted by Crippen LogP contribution is -2.56. The number of rotatable bonds is 9. The van der Waals surface area contributed by atoms with Crippen LogP contribution in [0.4, 0.5) is 37.5 Å². The van der Waals surface area contributed by atoms with Crippen LogP contribution in [0.25, 0.3) is 0 Å². The molecule has 0 aliphatic carbocycles. The minimum atomic E-state index is -0.648. The van der Waals surface area contributed by atoms with Crippen molar-refractivity contribution in [1.29, 1.82) is 0 Å². The number of anilines is 5. The molecular weight excluding hydrogens is 560 g/mol. The van der Waals surface area contributed by atoms with Gasteiger partial charge in [-0.1, -0.05) is 12.6 Å². The Kier molecular flexibility index (Phi) is 8.36. The summed E-state index contributed by atoms with van der Waals surface area (Å²) in [7, 11) is 1.58. The van der Waals surface area contributed by atoms with E-state index in [1.165, 1.54) is 29.6 Å². The highest BCUT2D eigenvalue weighted by Crippen LogP contribution is 2.40. The zero-order valence-corrected chi connectivity index (χ0v) is 23.8. The first-order valence-corrected chi connectivity index (χ1v) is 14.1. The summed E-state index contributed by atoms with van der Waals surface area (Å²) < 4.78 is 39.2. The lowest BCUT2D eigenvalue weighted by atomic mass is 10.0. The maximum absolute atomic E-state index is 14.6. The number of carbonyl (C=O) groups is 1. The van der Waals surface area contributed by atoms with Gasteiger partial charge in [0.15, 0.2) is 5.82 Å². The molecule has 1 amide bonds. The van der Waals surface area contributed by atoms with Crippen molar-refractivity contribution in [1.82, 2.24) is 14.9 Å². The first-order valence-electron chi connectivity index (χ1n) is 14.1. The quantitative estimate of drug-likeness (QED) is 0.354. The topological polar surface area (TPSA) is 104 Å². The second-order valence-corrected chi connectivity index (χ2v) is 10.5. The molecule has 1 aromatic heterocycles. The van der Waals surface area contributed by atoms with Gasteiger partial charge in [-0.2, -0.15) is 0 Å². The first kappa shape index (κ1) is 28.8. The number of benzene rings is 2. The molecule has 6 rings (SSSR count). The Morgan fingerprint density at radius 3 is 2.60 bits per heavy atom. The minimum absolute atomic E-state index is 0.314. The van der Waals surface area contributed by atoms with E-state index in [0.29, 0.717) is 53.4 Å². The number of ether oxygens (including phenoxy) is 2. The summed E-state index contributed by atoms with van der Waals surface area (Å²) >= 11 is 0. The van der Waals surface area contributed by atoms with Gasteiger partial charge in [-0.05, 0) is 18.2 Å². The fourth-order valence-corrected chi connectivity index (χ4v) is 5.57. The molecule has 1 atom stereocenters. The predicted molar refractivity (Wildman–Crippen MR) is 158 cm³/mol. The van der Waals surface area contributed by atoms with Crippen LogP contribution in [0.2, 0.25) is 0 Å². The van der Waals surface area contributed by atoms with Crippen LogP contribution in [0.1, 0.15) is 18.0 Å². The minimum Gasteiger partial charge on any atom is -0.494 e. The van der Waals surface area contributed by atoms with E-state index < -0.39 is 17.7 Å². The van der Waals surface area contributed by atoms with Crippen molar-refractivity contribution in [3.8, 4) is 5.75 Å². The molecule has 2 N–H and O–H groups in total. The first-order chi connectivity index (χ1) is 20.9. The zero-order valence-electron chi connectivity index (χ0n) is 23.8. The number of hydrogen-bond acceptors (Lipinski definition) is 10. The van der Waals surface area contributed by atoms with Crippen LogP contribution in [0.15, 0.2) is 55.4 Å². The number of hydroxylamine groups is 1. The van der Waals surface area contributed by atoms with Crippen LogP contribution >= 0.6 is 0 Å². The van der Waals surface area contributed by atoms with E-state index in [1.807, 2.05) is 6.07 Å². The molecule has 2 aromatic carbocycles. The molecule has 13 heteroatoms. The molecule has 0 bridgehead atoms. The second kappa shape index (κ2) is 12.5. The summed E-state index contributed by atoms with van der Waals surface area (Å²) in [6.45, 7) is 8.82. The molecule has 1 unspecified atom stereocenters. The van der Waals surface area contributed by atoms with Crippen molar-refractivity contribution in [2.24, 2.45) is 0 Å². The number of amides is 1. The normalized spacial score (nSPS) is 19.2. The Bertz CT molecular complexity index is 1500. The summed E-state index contributed by atoms with van der Waals surface area (Å²) in [5, 5.41) is 7.70. The Morgan fingerprint density at radius 1 is 1.09 bits per heavy atom. The highest BCUT2D eigenvalue weighted by atomic mass is 19.1. The standard InChI is InChI=1S/C30H33F2N7O4/c1-3-30(40)36-23-13-24(27(41-2)14-26(23)38-9-7-37(8-10-38)20-16-42-17-20)35-28-15-29(34-18-33-28)39-25(6-11-43-39)21-5-4-19(31)12-22(21)32/h3-5,12-15,18,20,25H,1,6-11,16-17H2,2H3,(H,36,40)(H,33,34,35). The number of aromatic nitrogens is 2. The Balaban J connectivity index is 1.26. The van der Waals surface area contributed by atoms with Gasteiger partial charge >= 0.3 is 0 Å². The highest BCUT2D eigenvalue weighted by molar-refractivity contribution is 6.02. The van der Waals surface area contributed by atoms with Crippen LogP contribution in [-0.2, 0) is 14.4 Å². The van der Waals surface area contributed by atoms with Gasteiger partial charge in [-0.25, -0.2) is 23.8 Å². The Morgan fingerprint density at radius 2 is 1.91 bits per heavy atom. The third-order valence-electron chi connectivity index (χ3n) is 7.92. The van der Waals surface area contributed by atoms with E-state index >= 15 is 0 Å². The van der Waals surface area contributed by atoms with Crippen molar-refractivity contribution < 1.29 is 27.9 Å². The number of nitrogens with zero attached hydrogens (tertiary/aromatic N) is 5. The average Bonchev–Trinajstić information content (AvgIpc) is 3.47. The fourth-order valence-electron chi connectivity index (χ4n) is 5.57. The molecule has 11 nitrogen and oxygen atoms in total. The van der Waals surface area contributed by atoms with E-state index in [9.17, 15) is 13.6 Å². The number of methoxy groups -OCH3 is 1. The molecule has 0 radical (unpaired) electrons. The van der Waals surface area contributed by atoms with Crippen molar-refractivity contribution in [3.63, 3.8) is 0 Å². The fraction of sp³-hybridized carbons (Fsp3) is 0.367. The monoisotopic (exact) mass is 593 g/mol. The van der Waals surface area contributed by atoms with E-state index in [4.69, 9.17) is 14.3 Å². The number of hydrogen-bond donors (Lipinski definition) is 2. The van der Waals surface area contributed by atoms with Crippen LogP contribution < -0.4 is 25.3 Å². The Labute approximate surface area is 248 Å². The summed E-state index contributed by atoms with van der Waals surface area (Å²) in [4.78, 5) is 31.5. The van der Waals surface area contributed by atoms with Crippen molar-refractivity contribution in [2.75, 3.05) is 73.7 Å². The molecule has 3 saturated heterocycles. The largest absolute Gasteiger partial charge is 0.494 e. The number of carbonyl (C=O) groups excluding carboxylic acids is 1. The molecule has 3 aliphatic rings. The maximum atomic E-state index is 14.6. The van der Waals surface area contributed by atoms with E-state index in [0.717, 1.165) is 51.1 Å². The predicted octanol–water partition coefficient (Wildman–Crippen LogP) is 4.04. The van der Waals surface area contributed by atoms with Gasteiger partial charge in [0.05, 0.1) is 56.1 Å². The third kappa shape index (κ3) is 6.10. The van der Waals surface area contributed by atoms with Crippen LogP contribution in [0.5, 0.6) is 5.75 Å². The van der Waals surface area contributed by atoms with Crippen molar-refractivity contribution in [2.45, 2.75) is 18.5 Å². The molecule has 4 heterocycles. The maximum Gasteiger partial charge on any atom is 0.247 e. The highest BCUT2D eigenvalue weighted by Gasteiger charge is 2.32. The number of piperazine rings is 1. The van der Waals surface area contributed by atoms with Crippen molar-refractivity contribution >= 4 is 34.6 Å². The van der Waals surface area contributed by atoms with Crippen LogP contribution in [-0.4, -0.2) is 79.9 Å². The van der Waals surface area contributed by atoms with Gasteiger partial charge in [-0.15, -0.1) is 0 Å². The molecule has 226 valence electrons. The number of nitrogens with one attached hydrogen (secondary N) is 2. The van der Waals surface area contributed by atoms with Crippen LogP contribution in [0.3, 0.4) is 0 Å². The summed E-state index contributed by atoms with van der Waals surface area (Å²) in [6, 6.07) is 8.84. The molecule has 3 aliphatic heterocycles. The second-order valence-electron chi connectivity index (χ2n) is 10.5. The van der Waals surface area contributed by atoms with Gasteiger partial charge in [-0.3, -0.25) is 14.5 Å². The SMILES string of the molecule is C=CC(=O)Nc1cc(Nc2cc(N3OCCC3c3ccc(F)cc3F)ncn2)c(OC)cc1N1CCN(C2COC2)CC1. The third-order valence-corrected chi connectivity index (χ3v) is 7.92. The Hall–Kier alpha value is -4.33. The molecule has 0 spiro atoms. The van der Waals surface area contributed by atoms with Gasteiger partial charge in [0.25, 0.3) is 0 Å². The molecule has 43 heavy (non-hydrogen) atoms. The van der Waals surface area contributed by atoms with Crippen LogP contribution in [0, 0.1) is 11.6 Å². The molecular formula is C30H33F2N7O4. The van der Waals surface area contributed by atoms with E-state index in [2.05, 4.69) is 37.0 Å². The zero-order chi connectivity index (χ0) is 29.9. The molecule has 3 fully saturated rings. The number of halogens is 2. The lowest BCUT2D eigenvalue weighted by molar-refractivity contribution is -0.111. The summed E-state index contributed by atoms with van der Waals surface area (Å²) in [5.74, 6) is -0.265. The molecule has 0 saturated carbocycles. The summed E-state index contributed by atoms with van der Waals surface area (Å²) in [5.41, 5.74) is 2.30. The van der Waals surface area contributed by atoms with Gasteiger partial charge < -0.3 is 25.0 Å². The van der Waals surface area contributed by atoms with E-state index in [-0.39, 0.29) is 5.91 Å². The van der Waals surface area contributed by atoms with Gasteiger partial charge in [0, 0.05) is 56.4 Å². The summed E-state index contributed by atoms with van der Waals surface area (Å²) in [6.07, 6.45) is 3.09. The molecule has 3 aromatic rings.